The molecule has 0 saturated heterocycles. The Morgan fingerprint density at radius 2 is 1.97 bits per heavy atom. The van der Waals surface area contributed by atoms with Crippen molar-refractivity contribution in [3.05, 3.63) is 47.0 Å². The quantitative estimate of drug-likeness (QED) is 0.281. The molecule has 3 heterocycles. The number of aryl methyl sites for hydroxylation is 1. The minimum Gasteiger partial charge on any atom is -0.493 e. The Balaban J connectivity index is 1.84. The van der Waals surface area contributed by atoms with Gasteiger partial charge in [-0.3, -0.25) is 4.79 Å². The van der Waals surface area contributed by atoms with Crippen molar-refractivity contribution in [3.63, 3.8) is 0 Å². The second-order valence-corrected chi connectivity index (χ2v) is 10.7. The fraction of sp³-hybridized carbons (Fsp3) is 0.423. The molecule has 0 atom stereocenters. The van der Waals surface area contributed by atoms with Crippen LogP contribution in [0, 0.1) is 0 Å². The zero-order valence-electron chi connectivity index (χ0n) is 20.6. The minimum atomic E-state index is -0.273. The van der Waals surface area contributed by atoms with Gasteiger partial charge in [0.05, 0.1) is 19.4 Å². The monoisotopic (exact) mass is 500 g/mol. The molecule has 3 aromatic rings. The first-order chi connectivity index (χ1) is 16.3. The van der Waals surface area contributed by atoms with Crippen LogP contribution in [0.5, 0.6) is 11.5 Å². The van der Waals surface area contributed by atoms with Gasteiger partial charge < -0.3 is 23.1 Å². The molecule has 6 nitrogen and oxygen atoms in total. The Kier molecular flexibility index (Phi) is 7.31. The summed E-state index contributed by atoms with van der Waals surface area (Å²) in [4.78, 5) is 16.5. The average Bonchev–Trinajstić information content (AvgIpc) is 3.47. The maximum absolute atomic E-state index is 13.6. The van der Waals surface area contributed by atoms with Crippen molar-refractivity contribution in [2.24, 2.45) is 0 Å². The lowest BCUT2D eigenvalue weighted by Gasteiger charge is -2.32. The van der Waals surface area contributed by atoms with Gasteiger partial charge in [0, 0.05) is 41.4 Å². The fourth-order valence-corrected chi connectivity index (χ4v) is 5.13. The molecule has 1 aliphatic heterocycles. The van der Waals surface area contributed by atoms with Crippen LogP contribution in [0.1, 0.15) is 36.8 Å². The van der Waals surface area contributed by atoms with Gasteiger partial charge in [-0.1, -0.05) is 6.07 Å². The van der Waals surface area contributed by atoms with Gasteiger partial charge in [0.2, 0.25) is 0 Å². The molecule has 0 N–H and O–H groups in total. The number of nitrogens with zero attached hydrogens (tertiary/aromatic N) is 2. The zero-order valence-corrected chi connectivity index (χ0v) is 22.3. The van der Waals surface area contributed by atoms with Crippen molar-refractivity contribution in [1.29, 1.82) is 0 Å². The average molecular weight is 501 g/mol. The van der Waals surface area contributed by atoms with Crippen LogP contribution in [0.25, 0.3) is 21.7 Å². The van der Waals surface area contributed by atoms with Crippen LogP contribution >= 0.6 is 23.4 Å². The van der Waals surface area contributed by atoms with Gasteiger partial charge >= 0.3 is 0 Å². The molecule has 0 aliphatic carbocycles. The smallest absolute Gasteiger partial charge is 0.270 e. The van der Waals surface area contributed by atoms with Crippen LogP contribution in [-0.2, 0) is 17.1 Å². The van der Waals surface area contributed by atoms with Gasteiger partial charge in [-0.25, -0.2) is 0 Å². The van der Waals surface area contributed by atoms with Gasteiger partial charge in [0.25, 0.3) is 5.91 Å². The summed E-state index contributed by atoms with van der Waals surface area (Å²) < 4.78 is 19.2. The number of rotatable bonds is 8. The van der Waals surface area contributed by atoms with Crippen LogP contribution in [0.3, 0.4) is 0 Å². The standard InChI is InChI=1S/C26H32N2O4S2/c1-26(2,3)27(4)25(29)20-15-19(23-8-7-13-34-23)24-18-16-22(31-11-12-32-33-6)21(30-5)14-17(18)9-10-28(20)24/h7-8,13-16H,9-12H2,1-6H3. The lowest BCUT2D eigenvalue weighted by atomic mass is 9.95. The van der Waals surface area contributed by atoms with Crippen molar-refractivity contribution < 1.29 is 18.5 Å². The first-order valence-electron chi connectivity index (χ1n) is 11.3. The van der Waals surface area contributed by atoms with E-state index in [1.54, 1.807) is 18.4 Å². The number of ether oxygens (including phenoxy) is 2. The maximum atomic E-state index is 13.6. The summed E-state index contributed by atoms with van der Waals surface area (Å²) in [6.07, 6.45) is 2.70. The lowest BCUT2D eigenvalue weighted by Crippen LogP contribution is -2.43. The molecule has 8 heteroatoms. The molecule has 0 spiro atoms. The van der Waals surface area contributed by atoms with Crippen molar-refractivity contribution >= 4 is 29.3 Å². The number of hydrogen-bond acceptors (Lipinski definition) is 6. The van der Waals surface area contributed by atoms with Gasteiger partial charge in [0.15, 0.2) is 11.5 Å². The number of hydrogen-bond donors (Lipinski definition) is 0. The predicted octanol–water partition coefficient (Wildman–Crippen LogP) is 5.99. The number of fused-ring (bicyclic) bond motifs is 3. The van der Waals surface area contributed by atoms with E-state index in [1.165, 1.54) is 17.6 Å². The summed E-state index contributed by atoms with van der Waals surface area (Å²) in [5.41, 5.74) is 4.84. The summed E-state index contributed by atoms with van der Waals surface area (Å²) >= 11 is 3.00. The normalized spacial score (nSPS) is 12.8. The van der Waals surface area contributed by atoms with Crippen LogP contribution in [-0.4, -0.2) is 54.5 Å². The molecule has 1 aromatic carbocycles. The van der Waals surface area contributed by atoms with E-state index in [-0.39, 0.29) is 11.4 Å². The molecule has 1 amide bonds. The Bertz CT molecular complexity index is 1160. The molecule has 4 rings (SSSR count). The summed E-state index contributed by atoms with van der Waals surface area (Å²) in [5.74, 6) is 1.42. The van der Waals surface area contributed by atoms with Crippen LogP contribution < -0.4 is 9.47 Å². The minimum absolute atomic E-state index is 0.0270. The molecule has 0 bridgehead atoms. The number of methoxy groups -OCH3 is 1. The second-order valence-electron chi connectivity index (χ2n) is 9.20. The van der Waals surface area contributed by atoms with E-state index < -0.39 is 0 Å². The Labute approximate surface area is 210 Å². The predicted molar refractivity (Wildman–Crippen MR) is 140 cm³/mol. The van der Waals surface area contributed by atoms with Crippen molar-refractivity contribution in [2.75, 3.05) is 33.6 Å². The molecule has 2 aromatic heterocycles. The van der Waals surface area contributed by atoms with Crippen LogP contribution in [0.15, 0.2) is 35.7 Å². The second kappa shape index (κ2) is 10.1. The molecule has 0 unspecified atom stereocenters. The number of amides is 1. The first kappa shape index (κ1) is 24.7. The topological polar surface area (TPSA) is 52.9 Å². The lowest BCUT2D eigenvalue weighted by molar-refractivity contribution is 0.0644. The van der Waals surface area contributed by atoms with E-state index >= 15 is 0 Å². The molecule has 0 radical (unpaired) electrons. The first-order valence-corrected chi connectivity index (χ1v) is 13.3. The summed E-state index contributed by atoms with van der Waals surface area (Å²) in [7, 11) is 3.53. The molecule has 0 fully saturated rings. The van der Waals surface area contributed by atoms with Gasteiger partial charge in [-0.05, 0) is 74.4 Å². The highest BCUT2D eigenvalue weighted by atomic mass is 32.2. The number of carbonyl (C=O) groups is 1. The van der Waals surface area contributed by atoms with E-state index in [0.717, 1.165) is 34.7 Å². The maximum Gasteiger partial charge on any atom is 0.270 e. The van der Waals surface area contributed by atoms with E-state index in [9.17, 15) is 4.79 Å². The van der Waals surface area contributed by atoms with E-state index in [4.69, 9.17) is 13.7 Å². The number of benzene rings is 1. The highest BCUT2D eigenvalue weighted by Crippen LogP contribution is 2.45. The molecular formula is C26H32N2O4S2. The van der Waals surface area contributed by atoms with Crippen molar-refractivity contribution in [1.82, 2.24) is 9.47 Å². The van der Waals surface area contributed by atoms with Crippen molar-refractivity contribution in [3.8, 4) is 33.2 Å². The van der Waals surface area contributed by atoms with Gasteiger partial charge in [-0.2, -0.15) is 0 Å². The Morgan fingerprint density at radius 1 is 1.18 bits per heavy atom. The zero-order chi connectivity index (χ0) is 24.5. The molecule has 34 heavy (non-hydrogen) atoms. The van der Waals surface area contributed by atoms with Crippen LogP contribution in [0.4, 0.5) is 0 Å². The van der Waals surface area contributed by atoms with E-state index in [2.05, 4.69) is 55.0 Å². The Morgan fingerprint density at radius 3 is 2.62 bits per heavy atom. The summed E-state index contributed by atoms with van der Waals surface area (Å²) in [6.45, 7) is 7.80. The molecule has 182 valence electrons. The summed E-state index contributed by atoms with van der Waals surface area (Å²) in [5, 5.41) is 2.07. The summed E-state index contributed by atoms with van der Waals surface area (Å²) in [6, 6.07) is 10.3. The molecule has 1 aliphatic rings. The SMILES string of the molecule is COc1cc2c(cc1OCCOSC)-c1c(-c3cccs3)cc(C(=O)N(C)C(C)(C)C)n1CC2. The van der Waals surface area contributed by atoms with E-state index in [0.29, 0.717) is 30.4 Å². The van der Waals surface area contributed by atoms with Gasteiger partial charge in [0.1, 0.15) is 12.3 Å². The third-order valence-electron chi connectivity index (χ3n) is 6.20. The van der Waals surface area contributed by atoms with Gasteiger partial charge in [-0.15, -0.1) is 11.3 Å². The number of thiophene rings is 1. The third-order valence-corrected chi connectivity index (χ3v) is 7.51. The Hall–Kier alpha value is -2.42. The molecular weight excluding hydrogens is 468 g/mol. The number of aromatic nitrogens is 1. The fourth-order valence-electron chi connectivity index (χ4n) is 4.15. The molecule has 0 saturated carbocycles. The number of carbonyl (C=O) groups excluding carboxylic acids is 1. The largest absolute Gasteiger partial charge is 0.493 e. The van der Waals surface area contributed by atoms with Crippen LogP contribution in [0.2, 0.25) is 0 Å². The van der Waals surface area contributed by atoms with Crippen molar-refractivity contribution in [2.45, 2.75) is 39.3 Å². The van der Waals surface area contributed by atoms with E-state index in [1.807, 2.05) is 24.3 Å². The highest BCUT2D eigenvalue weighted by Gasteiger charge is 2.32. The highest BCUT2D eigenvalue weighted by molar-refractivity contribution is 7.93. The third kappa shape index (κ3) is 4.72.